The van der Waals surface area contributed by atoms with E-state index in [0.29, 0.717) is 4.47 Å². The fourth-order valence-corrected chi connectivity index (χ4v) is 3.72. The van der Waals surface area contributed by atoms with E-state index in [1.165, 1.54) is 19.2 Å². The molecule has 2 rings (SSSR count). The van der Waals surface area contributed by atoms with Crippen LogP contribution in [0.4, 0.5) is 5.82 Å². The van der Waals surface area contributed by atoms with Crippen LogP contribution in [0.25, 0.3) is 0 Å². The maximum atomic E-state index is 12.7. The van der Waals surface area contributed by atoms with E-state index in [-0.39, 0.29) is 21.0 Å². The van der Waals surface area contributed by atoms with Gasteiger partial charge in [0.1, 0.15) is 10.6 Å². The van der Waals surface area contributed by atoms with E-state index in [9.17, 15) is 13.2 Å². The van der Waals surface area contributed by atoms with Gasteiger partial charge in [0.05, 0.1) is 14.2 Å². The molecule has 0 saturated carbocycles. The van der Waals surface area contributed by atoms with Crippen molar-refractivity contribution in [1.82, 2.24) is 9.97 Å². The zero-order valence-electron chi connectivity index (χ0n) is 12.7. The van der Waals surface area contributed by atoms with Crippen molar-refractivity contribution < 1.29 is 22.7 Å². The maximum absolute atomic E-state index is 12.7. The van der Waals surface area contributed by atoms with E-state index in [1.54, 1.807) is 6.07 Å². The predicted octanol–water partition coefficient (Wildman–Crippen LogP) is 3.14. The van der Waals surface area contributed by atoms with Crippen LogP contribution in [0.5, 0.6) is 5.75 Å². The number of anilines is 1. The smallest absolute Gasteiger partial charge is 0.360 e. The number of nitrogens with one attached hydrogen (secondary N) is 1. The molecule has 0 fully saturated rings. The summed E-state index contributed by atoms with van der Waals surface area (Å²) in [7, 11) is -1.77. The zero-order valence-corrected chi connectivity index (χ0v) is 16.6. The van der Waals surface area contributed by atoms with E-state index in [1.807, 2.05) is 0 Å². The Labute approximate surface area is 161 Å². The van der Waals surface area contributed by atoms with Gasteiger partial charge in [0, 0.05) is 4.47 Å². The summed E-state index contributed by atoms with van der Waals surface area (Å²) in [6, 6.07) is 4.39. The molecule has 1 heterocycles. The van der Waals surface area contributed by atoms with Crippen LogP contribution in [0, 0.1) is 0 Å². The topological polar surface area (TPSA) is 107 Å². The Morgan fingerprint density at radius 3 is 2.44 bits per heavy atom. The molecule has 0 unspecified atom stereocenters. The summed E-state index contributed by atoms with van der Waals surface area (Å²) in [6.07, 6.45) is 0. The quantitative estimate of drug-likeness (QED) is 0.668. The van der Waals surface area contributed by atoms with Crippen molar-refractivity contribution in [1.29, 1.82) is 0 Å². The largest absolute Gasteiger partial charge is 0.495 e. The minimum absolute atomic E-state index is 0.0864. The molecule has 0 saturated heterocycles. The Hall–Kier alpha value is -1.62. The van der Waals surface area contributed by atoms with Crippen molar-refractivity contribution >= 4 is 60.9 Å². The molecule has 0 spiro atoms. The summed E-state index contributed by atoms with van der Waals surface area (Å²) in [5.41, 5.74) is -0.436. The lowest BCUT2D eigenvalue weighted by Gasteiger charge is -2.13. The molecule has 0 aliphatic heterocycles. The van der Waals surface area contributed by atoms with Gasteiger partial charge in [0.25, 0.3) is 10.0 Å². The van der Waals surface area contributed by atoms with Crippen molar-refractivity contribution in [3.63, 3.8) is 0 Å². The van der Waals surface area contributed by atoms with E-state index >= 15 is 0 Å². The SMILES string of the molecule is COC(=O)c1nc(Cl)c(Cl)nc1NS(=O)(=O)c1cc(Br)ccc1OC. The first-order valence-corrected chi connectivity index (χ1v) is 9.40. The molecular weight excluding hydrogens is 461 g/mol. The Bertz CT molecular complexity index is 940. The number of sulfonamides is 1. The highest BCUT2D eigenvalue weighted by Crippen LogP contribution is 2.30. The van der Waals surface area contributed by atoms with Gasteiger partial charge in [0.15, 0.2) is 21.8 Å². The van der Waals surface area contributed by atoms with Crippen molar-refractivity contribution in [3.8, 4) is 5.75 Å². The Morgan fingerprint density at radius 2 is 1.84 bits per heavy atom. The Morgan fingerprint density at radius 1 is 1.20 bits per heavy atom. The lowest BCUT2D eigenvalue weighted by atomic mass is 10.3. The summed E-state index contributed by atoms with van der Waals surface area (Å²) in [5.74, 6) is -1.28. The fraction of sp³-hybridized carbons (Fsp3) is 0.154. The van der Waals surface area contributed by atoms with Gasteiger partial charge in [-0.3, -0.25) is 4.72 Å². The van der Waals surface area contributed by atoms with E-state index in [4.69, 9.17) is 27.9 Å². The van der Waals surface area contributed by atoms with Gasteiger partial charge >= 0.3 is 5.97 Å². The molecule has 2 aromatic rings. The molecule has 0 atom stereocenters. The van der Waals surface area contributed by atoms with E-state index in [0.717, 1.165) is 7.11 Å². The number of ether oxygens (including phenoxy) is 2. The van der Waals surface area contributed by atoms with Crippen LogP contribution in [0.15, 0.2) is 27.6 Å². The van der Waals surface area contributed by atoms with Crippen LogP contribution < -0.4 is 9.46 Å². The maximum Gasteiger partial charge on any atom is 0.360 e. The van der Waals surface area contributed by atoms with Gasteiger partial charge in [-0.25, -0.2) is 23.2 Å². The van der Waals surface area contributed by atoms with Gasteiger partial charge in [-0.15, -0.1) is 0 Å². The monoisotopic (exact) mass is 469 g/mol. The first kappa shape index (κ1) is 19.7. The first-order chi connectivity index (χ1) is 11.7. The number of hydrogen-bond donors (Lipinski definition) is 1. The second kappa shape index (κ2) is 7.73. The van der Waals surface area contributed by atoms with Crippen molar-refractivity contribution in [2.24, 2.45) is 0 Å². The second-order valence-corrected chi connectivity index (χ2v) is 7.68. The molecule has 0 radical (unpaired) electrons. The third kappa shape index (κ3) is 4.32. The van der Waals surface area contributed by atoms with E-state index in [2.05, 4.69) is 35.4 Å². The predicted molar refractivity (Wildman–Crippen MR) is 94.9 cm³/mol. The summed E-state index contributed by atoms with van der Waals surface area (Å²) in [6.45, 7) is 0. The molecule has 25 heavy (non-hydrogen) atoms. The van der Waals surface area contributed by atoms with Crippen LogP contribution in [0.1, 0.15) is 10.5 Å². The fourth-order valence-electron chi connectivity index (χ4n) is 1.75. The lowest BCUT2D eigenvalue weighted by Crippen LogP contribution is -2.19. The van der Waals surface area contributed by atoms with Crippen LogP contribution in [-0.2, 0) is 14.8 Å². The van der Waals surface area contributed by atoms with Gasteiger partial charge in [0.2, 0.25) is 0 Å². The number of rotatable bonds is 5. The average Bonchev–Trinajstić information content (AvgIpc) is 2.57. The van der Waals surface area contributed by atoms with Crippen LogP contribution in [-0.4, -0.2) is 38.6 Å². The summed E-state index contributed by atoms with van der Waals surface area (Å²) in [5, 5.41) is -0.557. The minimum Gasteiger partial charge on any atom is -0.495 e. The van der Waals surface area contributed by atoms with Gasteiger partial charge in [-0.2, -0.15) is 0 Å². The number of halogens is 3. The standard InChI is InChI=1S/C13H10BrCl2N3O5S/c1-23-7-4-3-6(14)5-8(7)25(21,22)19-12-9(13(20)24-2)17-10(15)11(16)18-12/h3-5H,1-2H3,(H,18,19). The van der Waals surface area contributed by atoms with Crippen LogP contribution >= 0.6 is 39.1 Å². The highest BCUT2D eigenvalue weighted by molar-refractivity contribution is 9.10. The first-order valence-electron chi connectivity index (χ1n) is 6.37. The number of aromatic nitrogens is 2. The third-order valence-corrected chi connectivity index (χ3v) is 5.32. The molecule has 8 nitrogen and oxygen atoms in total. The molecule has 1 aromatic carbocycles. The Kier molecular flexibility index (Phi) is 6.09. The molecule has 0 amide bonds. The number of benzene rings is 1. The number of esters is 1. The van der Waals surface area contributed by atoms with Gasteiger partial charge in [-0.1, -0.05) is 39.1 Å². The highest BCUT2D eigenvalue weighted by atomic mass is 79.9. The number of methoxy groups -OCH3 is 2. The van der Waals surface area contributed by atoms with Gasteiger partial charge < -0.3 is 9.47 Å². The molecule has 1 N–H and O–H groups in total. The highest BCUT2D eigenvalue weighted by Gasteiger charge is 2.26. The lowest BCUT2D eigenvalue weighted by molar-refractivity contribution is 0.0595. The summed E-state index contributed by atoms with van der Waals surface area (Å²) in [4.78, 5) is 19.1. The number of carbonyl (C=O) groups is 1. The molecule has 0 aliphatic carbocycles. The third-order valence-electron chi connectivity index (χ3n) is 2.84. The number of nitrogens with zero attached hydrogens (tertiary/aromatic N) is 2. The van der Waals surface area contributed by atoms with Crippen molar-refractivity contribution in [2.45, 2.75) is 4.90 Å². The number of carbonyl (C=O) groups excluding carboxylic acids is 1. The van der Waals surface area contributed by atoms with Crippen molar-refractivity contribution in [3.05, 3.63) is 38.7 Å². The molecule has 1 aromatic heterocycles. The molecule has 0 bridgehead atoms. The number of hydrogen-bond acceptors (Lipinski definition) is 7. The molecule has 0 aliphatic rings. The van der Waals surface area contributed by atoms with Gasteiger partial charge in [-0.05, 0) is 18.2 Å². The normalized spacial score (nSPS) is 11.1. The summed E-state index contributed by atoms with van der Waals surface area (Å²) >= 11 is 14.7. The Balaban J connectivity index is 2.57. The zero-order chi connectivity index (χ0) is 18.8. The van der Waals surface area contributed by atoms with Crippen LogP contribution in [0.3, 0.4) is 0 Å². The van der Waals surface area contributed by atoms with Crippen molar-refractivity contribution in [2.75, 3.05) is 18.9 Å². The summed E-state index contributed by atoms with van der Waals surface area (Å²) < 4.78 is 37.6. The average molecular weight is 471 g/mol. The molecule has 134 valence electrons. The van der Waals surface area contributed by atoms with E-state index < -0.39 is 27.5 Å². The molecule has 12 heteroatoms. The van der Waals surface area contributed by atoms with Crippen LogP contribution in [0.2, 0.25) is 10.3 Å². The molecular formula is C13H10BrCl2N3O5S. The minimum atomic E-state index is -4.19. The second-order valence-electron chi connectivity index (χ2n) is 4.39.